The van der Waals surface area contributed by atoms with E-state index in [4.69, 9.17) is 14.9 Å². The molecule has 1 rings (SSSR count). The molecule has 1 atom stereocenters. The van der Waals surface area contributed by atoms with Crippen molar-refractivity contribution in [3.63, 3.8) is 0 Å². The van der Waals surface area contributed by atoms with Gasteiger partial charge in [-0.15, -0.1) is 0 Å². The maximum absolute atomic E-state index is 5.75. The average molecular weight is 254 g/mol. The van der Waals surface area contributed by atoms with E-state index in [2.05, 4.69) is 24.8 Å². The molecule has 0 radical (unpaired) electrons. The molecule has 0 fully saturated rings. The van der Waals surface area contributed by atoms with E-state index in [0.717, 1.165) is 43.2 Å². The molecule has 0 spiro atoms. The van der Waals surface area contributed by atoms with E-state index >= 15 is 0 Å². The van der Waals surface area contributed by atoms with E-state index in [1.165, 1.54) is 0 Å². The number of ether oxygens (including phenoxy) is 1. The minimum Gasteiger partial charge on any atom is -0.465 e. The first-order chi connectivity index (χ1) is 8.62. The predicted molar refractivity (Wildman–Crippen MR) is 73.4 cm³/mol. The minimum absolute atomic E-state index is 0.520. The van der Waals surface area contributed by atoms with E-state index in [1.54, 1.807) is 7.11 Å². The molecule has 1 unspecified atom stereocenters. The van der Waals surface area contributed by atoms with Crippen molar-refractivity contribution in [2.24, 2.45) is 5.73 Å². The number of hydrogen-bond acceptors (Lipinski definition) is 4. The molecule has 2 N–H and O–H groups in total. The summed E-state index contributed by atoms with van der Waals surface area (Å²) in [5, 5.41) is 0. The monoisotopic (exact) mass is 254 g/mol. The summed E-state index contributed by atoms with van der Waals surface area (Å²) in [4.78, 5) is 2.38. The van der Waals surface area contributed by atoms with Crippen LogP contribution in [0.3, 0.4) is 0 Å². The Morgan fingerprint density at radius 3 is 2.72 bits per heavy atom. The molecule has 1 aromatic rings. The maximum atomic E-state index is 5.75. The summed E-state index contributed by atoms with van der Waals surface area (Å²) in [6.45, 7) is 9.42. The van der Waals surface area contributed by atoms with Gasteiger partial charge in [-0.1, -0.05) is 6.92 Å². The molecule has 0 amide bonds. The summed E-state index contributed by atoms with van der Waals surface area (Å²) in [5.74, 6) is 1.92. The molecule has 0 aliphatic heterocycles. The van der Waals surface area contributed by atoms with Crippen molar-refractivity contribution in [1.29, 1.82) is 0 Å². The molecule has 4 nitrogen and oxygen atoms in total. The molecule has 18 heavy (non-hydrogen) atoms. The molecule has 1 aromatic heterocycles. The number of aryl methyl sites for hydroxylation is 1. The molecule has 4 heteroatoms. The fraction of sp³-hybridized carbons (Fsp3) is 0.714. The molecule has 0 bridgehead atoms. The normalized spacial score (nSPS) is 13.2. The van der Waals surface area contributed by atoms with Crippen molar-refractivity contribution in [2.45, 2.75) is 46.3 Å². The highest BCUT2D eigenvalue weighted by Gasteiger charge is 2.15. The summed E-state index contributed by atoms with van der Waals surface area (Å²) >= 11 is 0. The summed E-state index contributed by atoms with van der Waals surface area (Å²) in [6, 6.07) is 2.59. The van der Waals surface area contributed by atoms with E-state index < -0.39 is 0 Å². The highest BCUT2D eigenvalue weighted by atomic mass is 16.5. The van der Waals surface area contributed by atoms with Crippen LogP contribution in [0.1, 0.15) is 37.4 Å². The summed E-state index contributed by atoms with van der Waals surface area (Å²) < 4.78 is 10.9. The van der Waals surface area contributed by atoms with Gasteiger partial charge in [0.2, 0.25) is 0 Å². The lowest BCUT2D eigenvalue weighted by Crippen LogP contribution is -2.34. The van der Waals surface area contributed by atoms with Crippen molar-refractivity contribution in [3.8, 4) is 0 Å². The summed E-state index contributed by atoms with van der Waals surface area (Å²) in [7, 11) is 1.73. The first-order valence-corrected chi connectivity index (χ1v) is 6.63. The number of hydrogen-bond donors (Lipinski definition) is 1. The van der Waals surface area contributed by atoms with Crippen LogP contribution in [0.25, 0.3) is 0 Å². The second-order valence-electron chi connectivity index (χ2n) is 4.72. The largest absolute Gasteiger partial charge is 0.465 e. The van der Waals surface area contributed by atoms with Crippen molar-refractivity contribution in [1.82, 2.24) is 4.90 Å². The van der Waals surface area contributed by atoms with Gasteiger partial charge in [0.25, 0.3) is 0 Å². The Labute approximate surface area is 110 Å². The van der Waals surface area contributed by atoms with Gasteiger partial charge in [0.1, 0.15) is 11.5 Å². The molecular weight excluding hydrogens is 228 g/mol. The smallest absolute Gasteiger partial charge is 0.118 e. The van der Waals surface area contributed by atoms with Crippen LogP contribution < -0.4 is 5.73 Å². The first kappa shape index (κ1) is 15.2. The summed E-state index contributed by atoms with van der Waals surface area (Å²) in [6.07, 6.45) is 1.12. The second-order valence-corrected chi connectivity index (χ2v) is 4.72. The Bertz CT molecular complexity index is 350. The van der Waals surface area contributed by atoms with Crippen LogP contribution in [-0.4, -0.2) is 31.2 Å². The van der Waals surface area contributed by atoms with Gasteiger partial charge in [0, 0.05) is 31.8 Å². The van der Waals surface area contributed by atoms with Gasteiger partial charge in [-0.3, -0.25) is 4.90 Å². The van der Waals surface area contributed by atoms with Gasteiger partial charge in [-0.05, 0) is 26.3 Å². The molecular formula is C14H26N2O2. The van der Waals surface area contributed by atoms with Gasteiger partial charge < -0.3 is 14.9 Å². The molecule has 1 heterocycles. The third-order valence-corrected chi connectivity index (χ3v) is 3.45. The topological polar surface area (TPSA) is 51.6 Å². The lowest BCUT2D eigenvalue weighted by molar-refractivity contribution is 0.112. The Morgan fingerprint density at radius 1 is 1.50 bits per heavy atom. The molecule has 0 aliphatic carbocycles. The van der Waals surface area contributed by atoms with Gasteiger partial charge >= 0.3 is 0 Å². The van der Waals surface area contributed by atoms with Crippen LogP contribution in [0.15, 0.2) is 10.5 Å². The van der Waals surface area contributed by atoms with Crippen LogP contribution in [0.5, 0.6) is 0 Å². The van der Waals surface area contributed by atoms with Crippen LogP contribution in [0.4, 0.5) is 0 Å². The van der Waals surface area contributed by atoms with Crippen LogP contribution in [-0.2, 0) is 17.8 Å². The Hall–Kier alpha value is -0.840. The predicted octanol–water partition coefficient (Wildman–Crippen LogP) is 2.29. The van der Waals surface area contributed by atoms with Crippen molar-refractivity contribution in [2.75, 3.05) is 20.3 Å². The molecule has 0 aliphatic rings. The maximum Gasteiger partial charge on any atom is 0.118 e. The zero-order valence-electron chi connectivity index (χ0n) is 12.0. The molecule has 0 aromatic carbocycles. The van der Waals surface area contributed by atoms with E-state index in [1.807, 2.05) is 6.92 Å². The number of nitrogens with two attached hydrogens (primary N) is 1. The third kappa shape index (κ3) is 4.12. The number of furan rings is 1. The van der Waals surface area contributed by atoms with Crippen molar-refractivity contribution in [3.05, 3.63) is 23.2 Å². The van der Waals surface area contributed by atoms with Crippen molar-refractivity contribution < 1.29 is 9.15 Å². The van der Waals surface area contributed by atoms with Crippen molar-refractivity contribution >= 4 is 0 Å². The SMILES string of the molecule is CCC(C)N(CCOC)Cc1cc(CN)c(C)o1. The quantitative estimate of drug-likeness (QED) is 0.773. The number of nitrogens with zero attached hydrogens (tertiary/aromatic N) is 1. The first-order valence-electron chi connectivity index (χ1n) is 6.63. The second kappa shape index (κ2) is 7.56. The van der Waals surface area contributed by atoms with Crippen LogP contribution in [0, 0.1) is 6.92 Å². The highest BCUT2D eigenvalue weighted by molar-refractivity contribution is 5.20. The molecule has 0 saturated carbocycles. The standard InChI is InChI=1S/C14H26N2O2/c1-5-11(2)16(6-7-17-4)10-14-8-13(9-15)12(3)18-14/h8,11H,5-7,9-10,15H2,1-4H3. The fourth-order valence-corrected chi connectivity index (χ4v) is 1.99. The molecule has 104 valence electrons. The Morgan fingerprint density at radius 2 is 2.22 bits per heavy atom. The Kier molecular flexibility index (Phi) is 6.39. The van der Waals surface area contributed by atoms with Gasteiger partial charge in [0.05, 0.1) is 13.2 Å². The summed E-state index contributed by atoms with van der Waals surface area (Å²) in [5.41, 5.74) is 6.77. The Balaban J connectivity index is 2.68. The van der Waals surface area contributed by atoms with Gasteiger partial charge in [0.15, 0.2) is 0 Å². The third-order valence-electron chi connectivity index (χ3n) is 3.45. The average Bonchev–Trinajstić information content (AvgIpc) is 2.73. The van der Waals surface area contributed by atoms with E-state index in [-0.39, 0.29) is 0 Å². The van der Waals surface area contributed by atoms with Crippen LogP contribution in [0.2, 0.25) is 0 Å². The molecule has 0 saturated heterocycles. The number of methoxy groups -OCH3 is 1. The van der Waals surface area contributed by atoms with Gasteiger partial charge in [-0.2, -0.15) is 0 Å². The lowest BCUT2D eigenvalue weighted by atomic mass is 10.2. The van der Waals surface area contributed by atoms with Gasteiger partial charge in [-0.25, -0.2) is 0 Å². The zero-order valence-corrected chi connectivity index (χ0v) is 12.0. The zero-order chi connectivity index (χ0) is 13.5. The van der Waals surface area contributed by atoms with Crippen LogP contribution >= 0.6 is 0 Å². The number of rotatable bonds is 8. The highest BCUT2D eigenvalue weighted by Crippen LogP contribution is 2.17. The lowest BCUT2D eigenvalue weighted by Gasteiger charge is -2.27. The fourth-order valence-electron chi connectivity index (χ4n) is 1.99. The van der Waals surface area contributed by atoms with E-state index in [0.29, 0.717) is 12.6 Å². The van der Waals surface area contributed by atoms with E-state index in [9.17, 15) is 0 Å². The minimum atomic E-state index is 0.520.